The van der Waals surface area contributed by atoms with Crippen molar-refractivity contribution in [2.45, 2.75) is 47.1 Å². The molecule has 1 atom stereocenters. The van der Waals surface area contributed by atoms with Crippen molar-refractivity contribution in [2.24, 2.45) is 0 Å². The molecule has 1 saturated heterocycles. The van der Waals surface area contributed by atoms with Crippen LogP contribution in [-0.2, 0) is 4.79 Å². The maximum absolute atomic E-state index is 13.1. The van der Waals surface area contributed by atoms with Gasteiger partial charge in [0.2, 0.25) is 0 Å². The van der Waals surface area contributed by atoms with Crippen LogP contribution in [0.1, 0.15) is 45.4 Å². The minimum absolute atomic E-state index is 0.00991. The van der Waals surface area contributed by atoms with Crippen molar-refractivity contribution >= 4 is 17.1 Å². The van der Waals surface area contributed by atoms with Crippen LogP contribution in [0.5, 0.6) is 0 Å². The summed E-state index contributed by atoms with van der Waals surface area (Å²) in [5.41, 5.74) is 4.99. The van der Waals surface area contributed by atoms with Gasteiger partial charge in [0.1, 0.15) is 5.65 Å². The number of imidazole rings is 1. The Kier molecular flexibility index (Phi) is 7.91. The molecule has 0 spiro atoms. The van der Waals surface area contributed by atoms with Gasteiger partial charge < -0.3 is 19.1 Å². The van der Waals surface area contributed by atoms with Crippen molar-refractivity contribution < 1.29 is 4.79 Å². The van der Waals surface area contributed by atoms with Gasteiger partial charge in [-0.05, 0) is 70.1 Å². The van der Waals surface area contributed by atoms with Gasteiger partial charge in [0, 0.05) is 44.3 Å². The van der Waals surface area contributed by atoms with Gasteiger partial charge in [0.25, 0.3) is 5.91 Å². The molecule has 32 heavy (non-hydrogen) atoms. The molecule has 0 N–H and O–H groups in total. The van der Waals surface area contributed by atoms with E-state index in [1.807, 2.05) is 67.7 Å². The third-order valence-corrected chi connectivity index (χ3v) is 5.96. The summed E-state index contributed by atoms with van der Waals surface area (Å²) in [5.74, 6) is 0.00991. The van der Waals surface area contributed by atoms with E-state index in [2.05, 4.69) is 40.9 Å². The van der Waals surface area contributed by atoms with Crippen LogP contribution in [0.2, 0.25) is 0 Å². The Morgan fingerprint density at radius 2 is 1.91 bits per heavy atom. The lowest BCUT2D eigenvalue weighted by Crippen LogP contribution is -2.37. The van der Waals surface area contributed by atoms with Crippen molar-refractivity contribution in [1.29, 1.82) is 0 Å². The summed E-state index contributed by atoms with van der Waals surface area (Å²) < 4.78 is 2.01. The maximum Gasteiger partial charge on any atom is 0.251 e. The van der Waals surface area contributed by atoms with Gasteiger partial charge in [-0.2, -0.15) is 0 Å². The lowest BCUT2D eigenvalue weighted by molar-refractivity contribution is -0.124. The highest BCUT2D eigenvalue weighted by molar-refractivity contribution is 5.96. The molecule has 1 unspecified atom stereocenters. The number of pyridine rings is 1. The zero-order chi connectivity index (χ0) is 23.3. The molecule has 1 amide bonds. The number of nitrogens with zero attached hydrogens (tertiary/aromatic N) is 5. The molecule has 0 bridgehead atoms. The Morgan fingerprint density at radius 3 is 2.69 bits per heavy atom. The minimum Gasteiger partial charge on any atom is -0.369 e. The van der Waals surface area contributed by atoms with Crippen LogP contribution in [0.25, 0.3) is 11.2 Å². The van der Waals surface area contributed by atoms with E-state index in [9.17, 15) is 4.79 Å². The largest absolute Gasteiger partial charge is 0.369 e. The third-order valence-electron chi connectivity index (χ3n) is 5.96. The normalized spacial score (nSPS) is 20.0. The first-order valence-corrected chi connectivity index (χ1v) is 11.7. The van der Waals surface area contributed by atoms with E-state index in [1.54, 1.807) is 6.08 Å². The Labute approximate surface area is 192 Å². The van der Waals surface area contributed by atoms with E-state index in [4.69, 9.17) is 0 Å². The van der Waals surface area contributed by atoms with Crippen LogP contribution in [0.15, 0.2) is 54.7 Å². The average molecular weight is 436 g/mol. The zero-order valence-electron chi connectivity index (χ0n) is 20.4. The first-order chi connectivity index (χ1) is 15.4. The number of hydrogen-bond donors (Lipinski definition) is 0. The summed E-state index contributed by atoms with van der Waals surface area (Å²) in [7, 11) is 2.17. The van der Waals surface area contributed by atoms with E-state index in [0.29, 0.717) is 0 Å². The zero-order valence-corrected chi connectivity index (χ0v) is 20.4. The van der Waals surface area contributed by atoms with Crippen LogP contribution in [0, 0.1) is 6.92 Å². The van der Waals surface area contributed by atoms with Gasteiger partial charge in [0.15, 0.2) is 0 Å². The first kappa shape index (κ1) is 23.8. The highest BCUT2D eigenvalue weighted by atomic mass is 16.2. The van der Waals surface area contributed by atoms with Gasteiger partial charge >= 0.3 is 0 Å². The molecule has 0 aliphatic carbocycles. The number of likely N-dealkylation sites (N-methyl/N-ethyl adjacent to an activating group) is 1. The number of rotatable bonds is 3. The molecule has 4 heterocycles. The monoisotopic (exact) mass is 435 g/mol. The van der Waals surface area contributed by atoms with Gasteiger partial charge in [0.05, 0.1) is 17.4 Å². The average Bonchev–Trinajstić information content (AvgIpc) is 3.02. The van der Waals surface area contributed by atoms with Gasteiger partial charge in [-0.3, -0.25) is 4.79 Å². The van der Waals surface area contributed by atoms with Crippen LogP contribution < -0.4 is 0 Å². The fourth-order valence-electron chi connectivity index (χ4n) is 4.08. The van der Waals surface area contributed by atoms with Crippen molar-refractivity contribution in [3.05, 3.63) is 65.9 Å². The van der Waals surface area contributed by atoms with Gasteiger partial charge in [-0.15, -0.1) is 0 Å². The molecule has 172 valence electrons. The second kappa shape index (κ2) is 10.6. The minimum atomic E-state index is 0.00991. The van der Waals surface area contributed by atoms with Crippen molar-refractivity contribution in [3.63, 3.8) is 0 Å². The Hall–Kier alpha value is -2.86. The molecule has 2 aromatic heterocycles. The number of aryl methyl sites for hydroxylation is 1. The Balaban J connectivity index is 0.00000141. The predicted octanol–water partition coefficient (Wildman–Crippen LogP) is 4.34. The van der Waals surface area contributed by atoms with Crippen LogP contribution in [0.4, 0.5) is 0 Å². The number of fused-ring (bicyclic) bond motifs is 1. The lowest BCUT2D eigenvalue weighted by Gasteiger charge is -2.32. The smallest absolute Gasteiger partial charge is 0.251 e. The van der Waals surface area contributed by atoms with Crippen LogP contribution in [-0.4, -0.2) is 69.3 Å². The lowest BCUT2D eigenvalue weighted by atomic mass is 10.1. The molecule has 0 aromatic carbocycles. The number of hydrogen-bond acceptors (Lipinski definition) is 4. The SMILES string of the molecule is C/C(=C\C(=O)N1C=C(N2CCCN(C)CC2)C=CC1C)c1ccc2nc(C)cn2c1.CC. The summed E-state index contributed by atoms with van der Waals surface area (Å²) in [5, 5.41) is 0. The van der Waals surface area contributed by atoms with Crippen molar-refractivity contribution in [2.75, 3.05) is 33.2 Å². The van der Waals surface area contributed by atoms with Crippen molar-refractivity contribution in [3.8, 4) is 0 Å². The maximum atomic E-state index is 13.1. The molecule has 6 nitrogen and oxygen atoms in total. The summed E-state index contributed by atoms with van der Waals surface area (Å²) in [6.07, 6.45) is 13.2. The van der Waals surface area contributed by atoms with E-state index >= 15 is 0 Å². The molecule has 2 aliphatic rings. The topological polar surface area (TPSA) is 44.1 Å². The first-order valence-electron chi connectivity index (χ1n) is 11.7. The van der Waals surface area contributed by atoms with Gasteiger partial charge in [-0.1, -0.05) is 19.9 Å². The highest BCUT2D eigenvalue weighted by Crippen LogP contribution is 2.21. The van der Waals surface area contributed by atoms with E-state index < -0.39 is 0 Å². The standard InChI is InChI=1S/C24H31N5O.C2H6/c1-18(21-7-9-23-25-19(2)15-28(23)16-21)14-24(30)29-17-22(8-6-20(29)3)27-11-5-10-26(4)12-13-27;1-2/h6-9,14-17,20H,5,10-13H2,1-4H3;1-2H3/b18-14+;. The number of aromatic nitrogens is 2. The molecule has 6 heteroatoms. The van der Waals surface area contributed by atoms with E-state index in [-0.39, 0.29) is 11.9 Å². The Morgan fingerprint density at radius 1 is 1.12 bits per heavy atom. The summed E-state index contributed by atoms with van der Waals surface area (Å²) >= 11 is 0. The molecule has 1 fully saturated rings. The van der Waals surface area contributed by atoms with Crippen LogP contribution in [0.3, 0.4) is 0 Å². The third kappa shape index (κ3) is 5.49. The molecular weight excluding hydrogens is 398 g/mol. The molecule has 0 saturated carbocycles. The number of carbonyl (C=O) groups excluding carboxylic acids is 1. The number of allylic oxidation sites excluding steroid dienone is 2. The van der Waals surface area contributed by atoms with Crippen LogP contribution >= 0.6 is 0 Å². The summed E-state index contributed by atoms with van der Waals surface area (Å²) in [6, 6.07) is 4.05. The number of carbonyl (C=O) groups is 1. The molecular formula is C26H37N5O. The molecule has 2 aromatic rings. The predicted molar refractivity (Wildman–Crippen MR) is 132 cm³/mol. The number of amides is 1. The molecule has 2 aliphatic heterocycles. The quantitative estimate of drug-likeness (QED) is 0.673. The van der Waals surface area contributed by atoms with Gasteiger partial charge in [-0.25, -0.2) is 4.98 Å². The molecule has 0 radical (unpaired) electrons. The second-order valence-electron chi connectivity index (χ2n) is 8.44. The fraction of sp³-hybridized carbons (Fsp3) is 0.462. The highest BCUT2D eigenvalue weighted by Gasteiger charge is 2.22. The second-order valence-corrected chi connectivity index (χ2v) is 8.44. The molecule has 4 rings (SSSR count). The summed E-state index contributed by atoms with van der Waals surface area (Å²) in [4.78, 5) is 24.2. The fourth-order valence-corrected chi connectivity index (χ4v) is 4.08. The summed E-state index contributed by atoms with van der Waals surface area (Å²) in [6.45, 7) is 14.2. The Bertz CT molecular complexity index is 1030. The van der Waals surface area contributed by atoms with Crippen molar-refractivity contribution in [1.82, 2.24) is 24.1 Å². The van der Waals surface area contributed by atoms with E-state index in [0.717, 1.165) is 60.8 Å². The van der Waals surface area contributed by atoms with E-state index in [1.165, 1.54) is 0 Å².